The van der Waals surface area contributed by atoms with Crippen LogP contribution in [0.1, 0.15) is 41.5 Å². The van der Waals surface area contributed by atoms with Gasteiger partial charge in [-0.25, -0.2) is 0 Å². The van der Waals surface area contributed by atoms with Crippen molar-refractivity contribution >= 4 is 15.9 Å². The van der Waals surface area contributed by atoms with E-state index in [0.29, 0.717) is 11.4 Å². The maximum absolute atomic E-state index is 5.93. The standard InChI is InChI=1S/C17H19BrO/c1-13(18)17-10-6-7-15(11-17)12-19-14(2)16-8-4-3-5-9-16/h3-11,13-14H,12H2,1-2H3/t13-,14+/m0/s1. The second-order valence-corrected chi connectivity index (χ2v) is 6.10. The molecule has 2 aromatic carbocycles. The van der Waals surface area contributed by atoms with Crippen LogP contribution in [0.3, 0.4) is 0 Å². The largest absolute Gasteiger partial charge is 0.369 e. The highest BCUT2D eigenvalue weighted by molar-refractivity contribution is 9.09. The highest BCUT2D eigenvalue weighted by atomic mass is 79.9. The maximum Gasteiger partial charge on any atom is 0.0801 e. The Morgan fingerprint density at radius 1 is 0.947 bits per heavy atom. The molecule has 0 saturated heterocycles. The van der Waals surface area contributed by atoms with E-state index in [1.165, 1.54) is 16.7 Å². The third-order valence-corrected chi connectivity index (χ3v) is 3.71. The lowest BCUT2D eigenvalue weighted by atomic mass is 10.1. The van der Waals surface area contributed by atoms with Crippen molar-refractivity contribution in [3.05, 3.63) is 71.3 Å². The second kappa shape index (κ2) is 6.88. The molecule has 0 N–H and O–H groups in total. The number of ether oxygens (including phenoxy) is 1. The molecule has 1 nitrogen and oxygen atoms in total. The molecule has 0 aromatic heterocycles. The summed E-state index contributed by atoms with van der Waals surface area (Å²) in [6.45, 7) is 4.86. The van der Waals surface area contributed by atoms with Crippen molar-refractivity contribution in [3.63, 3.8) is 0 Å². The Balaban J connectivity index is 1.97. The van der Waals surface area contributed by atoms with Gasteiger partial charge >= 0.3 is 0 Å². The lowest BCUT2D eigenvalue weighted by Crippen LogP contribution is -2.00. The summed E-state index contributed by atoms with van der Waals surface area (Å²) < 4.78 is 5.93. The van der Waals surface area contributed by atoms with Gasteiger partial charge in [0, 0.05) is 4.83 Å². The van der Waals surface area contributed by atoms with Crippen LogP contribution >= 0.6 is 15.9 Å². The lowest BCUT2D eigenvalue weighted by Gasteiger charge is -2.14. The van der Waals surface area contributed by atoms with Gasteiger partial charge in [0.25, 0.3) is 0 Å². The summed E-state index contributed by atoms with van der Waals surface area (Å²) in [4.78, 5) is 0.374. The number of hydrogen-bond acceptors (Lipinski definition) is 1. The molecule has 2 atom stereocenters. The number of alkyl halides is 1. The Bertz CT molecular complexity index is 508. The Kier molecular flexibility index (Phi) is 5.17. The summed E-state index contributed by atoms with van der Waals surface area (Å²) in [7, 11) is 0. The van der Waals surface area contributed by atoms with Crippen molar-refractivity contribution in [2.24, 2.45) is 0 Å². The molecular weight excluding hydrogens is 300 g/mol. The van der Waals surface area contributed by atoms with E-state index in [0.717, 1.165) is 0 Å². The first-order chi connectivity index (χ1) is 9.16. The van der Waals surface area contributed by atoms with Crippen LogP contribution in [0.15, 0.2) is 54.6 Å². The van der Waals surface area contributed by atoms with Gasteiger partial charge in [0.15, 0.2) is 0 Å². The molecule has 2 rings (SSSR count). The summed E-state index contributed by atoms with van der Waals surface area (Å²) in [5, 5.41) is 0. The van der Waals surface area contributed by atoms with E-state index in [-0.39, 0.29) is 6.10 Å². The molecule has 0 saturated carbocycles. The van der Waals surface area contributed by atoms with E-state index in [4.69, 9.17) is 4.74 Å². The van der Waals surface area contributed by atoms with Crippen LogP contribution in [0.5, 0.6) is 0 Å². The van der Waals surface area contributed by atoms with Gasteiger partial charge in [-0.1, -0.05) is 70.5 Å². The zero-order valence-electron chi connectivity index (χ0n) is 11.3. The molecule has 0 aliphatic heterocycles. The Morgan fingerprint density at radius 2 is 1.63 bits per heavy atom. The van der Waals surface area contributed by atoms with Gasteiger partial charge in [-0.15, -0.1) is 0 Å². The first-order valence-corrected chi connectivity index (χ1v) is 7.48. The summed E-state index contributed by atoms with van der Waals surface area (Å²) in [6.07, 6.45) is 0.117. The number of hydrogen-bond donors (Lipinski definition) is 0. The molecule has 0 fully saturated rings. The van der Waals surface area contributed by atoms with Gasteiger partial charge < -0.3 is 4.74 Å². The van der Waals surface area contributed by atoms with Gasteiger partial charge in [0.1, 0.15) is 0 Å². The summed E-state index contributed by atoms with van der Waals surface area (Å²) in [5.74, 6) is 0. The maximum atomic E-state index is 5.93. The zero-order chi connectivity index (χ0) is 13.7. The lowest BCUT2D eigenvalue weighted by molar-refractivity contribution is 0.0525. The smallest absolute Gasteiger partial charge is 0.0801 e. The topological polar surface area (TPSA) is 9.23 Å². The molecule has 0 radical (unpaired) electrons. The van der Waals surface area contributed by atoms with Gasteiger partial charge in [0.05, 0.1) is 12.7 Å². The first kappa shape index (κ1) is 14.3. The minimum atomic E-state index is 0.117. The van der Waals surface area contributed by atoms with Crippen LogP contribution < -0.4 is 0 Å². The molecule has 0 heterocycles. The van der Waals surface area contributed by atoms with Crippen LogP contribution in [0.4, 0.5) is 0 Å². The first-order valence-electron chi connectivity index (χ1n) is 6.56. The Hall–Kier alpha value is -1.12. The van der Waals surface area contributed by atoms with Crippen molar-refractivity contribution in [1.29, 1.82) is 0 Å². The molecule has 0 unspecified atom stereocenters. The number of halogens is 1. The van der Waals surface area contributed by atoms with E-state index < -0.39 is 0 Å². The summed E-state index contributed by atoms with van der Waals surface area (Å²) in [6, 6.07) is 18.8. The molecule has 0 amide bonds. The number of benzene rings is 2. The van der Waals surface area contributed by atoms with Crippen molar-refractivity contribution in [2.75, 3.05) is 0 Å². The van der Waals surface area contributed by atoms with Gasteiger partial charge in [-0.05, 0) is 30.5 Å². The molecule has 0 aliphatic rings. The summed E-state index contributed by atoms with van der Waals surface area (Å²) >= 11 is 3.59. The average molecular weight is 319 g/mol. The predicted octanol–water partition coefficient (Wildman–Crippen LogP) is 5.42. The van der Waals surface area contributed by atoms with E-state index in [1.54, 1.807) is 0 Å². The molecule has 0 bridgehead atoms. The third kappa shape index (κ3) is 4.19. The van der Waals surface area contributed by atoms with E-state index in [1.807, 2.05) is 18.2 Å². The van der Waals surface area contributed by atoms with E-state index in [2.05, 4.69) is 66.2 Å². The van der Waals surface area contributed by atoms with Crippen molar-refractivity contribution < 1.29 is 4.74 Å². The minimum absolute atomic E-state index is 0.117. The van der Waals surface area contributed by atoms with E-state index >= 15 is 0 Å². The monoisotopic (exact) mass is 318 g/mol. The van der Waals surface area contributed by atoms with Crippen LogP contribution in [0.25, 0.3) is 0 Å². The van der Waals surface area contributed by atoms with E-state index in [9.17, 15) is 0 Å². The zero-order valence-corrected chi connectivity index (χ0v) is 12.9. The van der Waals surface area contributed by atoms with Crippen molar-refractivity contribution in [1.82, 2.24) is 0 Å². The Labute approximate surface area is 123 Å². The normalized spacial score (nSPS) is 14.1. The van der Waals surface area contributed by atoms with Crippen molar-refractivity contribution in [2.45, 2.75) is 31.4 Å². The van der Waals surface area contributed by atoms with Crippen LogP contribution in [0, 0.1) is 0 Å². The van der Waals surface area contributed by atoms with Crippen LogP contribution in [0.2, 0.25) is 0 Å². The van der Waals surface area contributed by atoms with Gasteiger partial charge in [-0.2, -0.15) is 0 Å². The Morgan fingerprint density at radius 3 is 2.32 bits per heavy atom. The van der Waals surface area contributed by atoms with Crippen LogP contribution in [-0.4, -0.2) is 0 Å². The second-order valence-electron chi connectivity index (χ2n) is 4.72. The predicted molar refractivity (Wildman–Crippen MR) is 83.4 cm³/mol. The van der Waals surface area contributed by atoms with Gasteiger partial charge in [0.2, 0.25) is 0 Å². The number of rotatable bonds is 5. The molecule has 0 aliphatic carbocycles. The minimum Gasteiger partial charge on any atom is -0.369 e. The molecule has 100 valence electrons. The highest BCUT2D eigenvalue weighted by Crippen LogP contribution is 2.23. The molecular formula is C17H19BrO. The fourth-order valence-electron chi connectivity index (χ4n) is 1.97. The summed E-state index contributed by atoms with van der Waals surface area (Å²) in [5.41, 5.74) is 3.72. The molecule has 2 aromatic rings. The fourth-order valence-corrected chi connectivity index (χ4v) is 2.26. The average Bonchev–Trinajstić information content (AvgIpc) is 2.46. The quantitative estimate of drug-likeness (QED) is 0.669. The van der Waals surface area contributed by atoms with Crippen molar-refractivity contribution in [3.8, 4) is 0 Å². The SMILES string of the molecule is C[C@H](Br)c1cccc(CO[C@H](C)c2ccccc2)c1. The molecule has 2 heteroatoms. The van der Waals surface area contributed by atoms with Gasteiger partial charge in [-0.3, -0.25) is 0 Å². The van der Waals surface area contributed by atoms with Crippen LogP contribution in [-0.2, 0) is 11.3 Å². The fraction of sp³-hybridized carbons (Fsp3) is 0.294. The molecule has 19 heavy (non-hydrogen) atoms. The highest BCUT2D eigenvalue weighted by Gasteiger charge is 2.06. The molecule has 0 spiro atoms. The third-order valence-electron chi connectivity index (χ3n) is 3.18.